The maximum absolute atomic E-state index is 9.60. The van der Waals surface area contributed by atoms with Crippen LogP contribution in [0.25, 0.3) is 0 Å². The Labute approximate surface area is 83.0 Å². The largest absolute Gasteiger partial charge is 0.478 e. The number of rotatable bonds is 2. The molecule has 0 rings (SSSR count). The molecule has 8 heteroatoms. The van der Waals surface area contributed by atoms with Crippen molar-refractivity contribution in [2.75, 3.05) is 0 Å². The molecule has 0 aromatic carbocycles. The number of carbonyl (C=O) groups is 1. The summed E-state index contributed by atoms with van der Waals surface area (Å²) in [6.07, 6.45) is 0. The molecule has 0 unspecified atom stereocenters. The van der Waals surface area contributed by atoms with E-state index in [-0.39, 0.29) is 17.9 Å². The quantitative estimate of drug-likeness (QED) is 0.404. The molecule has 8 N–H and O–H groups in total. The molecule has 0 bridgehead atoms. The lowest BCUT2D eigenvalue weighted by Gasteiger charge is -1.79. The first-order valence-electron chi connectivity index (χ1n) is 2.69. The highest BCUT2D eigenvalue weighted by atomic mass is 32.2. The molecule has 0 radical (unpaired) electrons. The van der Waals surface area contributed by atoms with Gasteiger partial charge in [-0.3, -0.25) is 4.55 Å². The molecule has 0 spiro atoms. The first-order chi connectivity index (χ1) is 5.20. The summed E-state index contributed by atoms with van der Waals surface area (Å²) in [5.41, 5.74) is 0.176. The minimum atomic E-state index is -3.90. The van der Waals surface area contributed by atoms with E-state index in [0.717, 1.165) is 0 Å². The molecule has 0 aliphatic heterocycles. The van der Waals surface area contributed by atoms with Crippen molar-refractivity contribution in [1.82, 2.24) is 12.3 Å². The molecule has 0 heterocycles. The monoisotopic (exact) mass is 228 g/mol. The van der Waals surface area contributed by atoms with Gasteiger partial charge in [-0.25, -0.2) is 4.79 Å². The van der Waals surface area contributed by atoms with Gasteiger partial charge in [-0.2, -0.15) is 8.42 Å². The van der Waals surface area contributed by atoms with Crippen LogP contribution in [0.1, 0.15) is 6.92 Å². The van der Waals surface area contributed by atoms with Crippen molar-refractivity contribution in [2.45, 2.75) is 6.92 Å². The van der Waals surface area contributed by atoms with Crippen molar-refractivity contribution in [3.63, 3.8) is 0 Å². The predicted molar refractivity (Wildman–Crippen MR) is 54.2 cm³/mol. The Hall–Kier alpha value is -1.22. The molecular formula is C6H16N2O5S. The van der Waals surface area contributed by atoms with E-state index in [9.17, 15) is 13.2 Å². The third kappa shape index (κ3) is 30.9. The highest BCUT2D eigenvalue weighted by Crippen LogP contribution is 1.81. The minimum Gasteiger partial charge on any atom is -0.478 e. The van der Waals surface area contributed by atoms with Crippen LogP contribution in [0.2, 0.25) is 0 Å². The normalized spacial score (nSPS) is 7.86. The molecule has 0 aliphatic rings. The predicted octanol–water partition coefficient (Wildman–Crippen LogP) is 0.989. The van der Waals surface area contributed by atoms with E-state index in [1.54, 1.807) is 0 Å². The average molecular weight is 228 g/mol. The summed E-state index contributed by atoms with van der Waals surface area (Å²) in [5, 5.41) is 8.36. The van der Waals surface area contributed by atoms with Crippen molar-refractivity contribution in [1.29, 1.82) is 0 Å². The topological polar surface area (TPSA) is 162 Å². The average Bonchev–Trinajstić information content (AvgIpc) is 1.87. The zero-order valence-electron chi connectivity index (χ0n) is 7.93. The molecule has 0 aromatic heterocycles. The van der Waals surface area contributed by atoms with Crippen molar-refractivity contribution in [2.24, 2.45) is 0 Å². The third-order valence-electron chi connectivity index (χ3n) is 0.576. The Morgan fingerprint density at radius 3 is 1.50 bits per heavy atom. The smallest absolute Gasteiger partial charge is 0.330 e. The fraction of sp³-hybridized carbons (Fsp3) is 0.167. The van der Waals surface area contributed by atoms with Crippen LogP contribution >= 0.6 is 0 Å². The van der Waals surface area contributed by atoms with Gasteiger partial charge in [0, 0.05) is 5.57 Å². The molecule has 0 saturated carbocycles. The Kier molecular flexibility index (Phi) is 16.2. The van der Waals surface area contributed by atoms with E-state index < -0.39 is 16.1 Å². The highest BCUT2D eigenvalue weighted by molar-refractivity contribution is 7.88. The van der Waals surface area contributed by atoms with Crippen LogP contribution in [0.5, 0.6) is 0 Å². The molecule has 86 valence electrons. The second kappa shape index (κ2) is 9.86. The van der Waals surface area contributed by atoms with E-state index in [2.05, 4.69) is 13.2 Å². The number of hydrogen-bond donors (Lipinski definition) is 4. The molecule has 14 heavy (non-hydrogen) atoms. The van der Waals surface area contributed by atoms with Crippen LogP contribution < -0.4 is 12.3 Å². The summed E-state index contributed by atoms with van der Waals surface area (Å²) in [7, 11) is -3.90. The first kappa shape index (κ1) is 23.0. The van der Waals surface area contributed by atoms with Crippen LogP contribution in [0.15, 0.2) is 24.1 Å². The molecule has 7 nitrogen and oxygen atoms in total. The van der Waals surface area contributed by atoms with Crippen LogP contribution in [0.4, 0.5) is 0 Å². The Morgan fingerprint density at radius 1 is 1.36 bits per heavy atom. The van der Waals surface area contributed by atoms with E-state index in [4.69, 9.17) is 9.66 Å². The lowest BCUT2D eigenvalue weighted by molar-refractivity contribution is -0.132. The Balaban J connectivity index is -0.0000000625. The summed E-state index contributed by atoms with van der Waals surface area (Å²) in [6.45, 7) is 7.40. The minimum absolute atomic E-state index is 0. The number of hydrogen-bond acceptors (Lipinski definition) is 5. The van der Waals surface area contributed by atoms with Crippen LogP contribution in [-0.2, 0) is 14.9 Å². The van der Waals surface area contributed by atoms with Crippen LogP contribution in [0.3, 0.4) is 0 Å². The highest BCUT2D eigenvalue weighted by Gasteiger charge is 1.90. The maximum Gasteiger partial charge on any atom is 0.330 e. The molecular weight excluding hydrogens is 212 g/mol. The fourth-order valence-electron chi connectivity index (χ4n) is 0. The maximum atomic E-state index is 9.60. The van der Waals surface area contributed by atoms with Gasteiger partial charge >= 0.3 is 5.97 Å². The van der Waals surface area contributed by atoms with Crippen LogP contribution in [-0.4, -0.2) is 24.0 Å². The second-order valence-electron chi connectivity index (χ2n) is 1.77. The standard InChI is InChI=1S/C4H6O2.C2H4O3S.2H3N/c1-3(2)4(5)6;1-2-6(3,4)5;;/h1H2,2H3,(H,5,6);2H,1H2,(H,3,4,5);2*1H3. The van der Waals surface area contributed by atoms with Gasteiger partial charge in [0.15, 0.2) is 0 Å². The van der Waals surface area contributed by atoms with Gasteiger partial charge in [0.2, 0.25) is 0 Å². The molecule has 0 atom stereocenters. The van der Waals surface area contributed by atoms with Gasteiger partial charge in [0.05, 0.1) is 5.41 Å². The van der Waals surface area contributed by atoms with E-state index in [1.807, 2.05) is 0 Å². The summed E-state index contributed by atoms with van der Waals surface area (Å²) >= 11 is 0. The number of carboxylic acids is 1. The first-order valence-corrected chi connectivity index (χ1v) is 4.19. The third-order valence-corrected chi connectivity index (χ3v) is 0.997. The van der Waals surface area contributed by atoms with Crippen molar-refractivity contribution in [3.8, 4) is 0 Å². The molecule has 0 fully saturated rings. The summed E-state index contributed by atoms with van der Waals surface area (Å²) < 4.78 is 26.6. The van der Waals surface area contributed by atoms with Gasteiger partial charge in [-0.05, 0) is 6.92 Å². The van der Waals surface area contributed by atoms with Crippen molar-refractivity contribution in [3.05, 3.63) is 24.1 Å². The van der Waals surface area contributed by atoms with Gasteiger partial charge in [0.1, 0.15) is 0 Å². The summed E-state index contributed by atoms with van der Waals surface area (Å²) in [4.78, 5) is 9.60. The Bertz CT molecular complexity index is 259. The summed E-state index contributed by atoms with van der Waals surface area (Å²) in [5.74, 6) is -0.935. The van der Waals surface area contributed by atoms with Crippen molar-refractivity contribution >= 4 is 16.1 Å². The summed E-state index contributed by atoms with van der Waals surface area (Å²) in [6, 6.07) is 0. The van der Waals surface area contributed by atoms with Gasteiger partial charge in [-0.15, -0.1) is 0 Å². The number of aliphatic carboxylic acids is 1. The molecule has 0 aliphatic carbocycles. The lowest BCUT2D eigenvalue weighted by atomic mass is 10.4. The SMILES string of the molecule is C=C(C)C(=O)O.C=CS(=O)(=O)O.N.N. The van der Waals surface area contributed by atoms with Gasteiger partial charge < -0.3 is 17.4 Å². The number of carboxylic acid groups (broad SMARTS) is 1. The van der Waals surface area contributed by atoms with Gasteiger partial charge in [0.25, 0.3) is 10.1 Å². The zero-order chi connectivity index (χ0) is 10.4. The van der Waals surface area contributed by atoms with E-state index >= 15 is 0 Å². The second-order valence-corrected chi connectivity index (χ2v) is 3.13. The zero-order valence-corrected chi connectivity index (χ0v) is 8.75. The van der Waals surface area contributed by atoms with Crippen LogP contribution in [0, 0.1) is 0 Å². The van der Waals surface area contributed by atoms with E-state index in [1.165, 1.54) is 6.92 Å². The lowest BCUT2D eigenvalue weighted by Crippen LogP contribution is -1.92. The Morgan fingerprint density at radius 2 is 1.50 bits per heavy atom. The molecule has 0 amide bonds. The molecule has 0 saturated heterocycles. The molecule has 0 aromatic rings. The van der Waals surface area contributed by atoms with E-state index in [0.29, 0.717) is 5.41 Å². The van der Waals surface area contributed by atoms with Crippen molar-refractivity contribution < 1.29 is 22.9 Å². The van der Waals surface area contributed by atoms with Gasteiger partial charge in [-0.1, -0.05) is 13.2 Å². The fourth-order valence-corrected chi connectivity index (χ4v) is 0.